The molecule has 0 bridgehead atoms. The number of hydrogen-bond donors (Lipinski definition) is 2. The molecule has 7 heteroatoms. The third-order valence-corrected chi connectivity index (χ3v) is 7.07. The van der Waals surface area contributed by atoms with Gasteiger partial charge in [-0.15, -0.1) is 0 Å². The minimum absolute atomic E-state index is 0.122. The fourth-order valence-corrected chi connectivity index (χ4v) is 4.97. The van der Waals surface area contributed by atoms with Crippen LogP contribution in [-0.4, -0.2) is 50.5 Å². The number of hydrogen-bond acceptors (Lipinski definition) is 5. The van der Waals surface area contributed by atoms with Crippen molar-refractivity contribution < 1.29 is 19.4 Å². The Kier molecular flexibility index (Phi) is 9.09. The van der Waals surface area contributed by atoms with E-state index < -0.39 is 6.10 Å². The second-order valence-electron chi connectivity index (χ2n) is 9.49. The van der Waals surface area contributed by atoms with Gasteiger partial charge in [0.1, 0.15) is 5.75 Å². The Hall–Kier alpha value is -3.06. The molecule has 1 aliphatic rings. The van der Waals surface area contributed by atoms with E-state index in [2.05, 4.69) is 28.4 Å². The molecule has 1 amide bonds. The predicted octanol–water partition coefficient (Wildman–Crippen LogP) is 5.41. The number of nitrogens with zero attached hydrogens (tertiary/aromatic N) is 1. The molecule has 3 atom stereocenters. The molecule has 0 radical (unpaired) electrons. The van der Waals surface area contributed by atoms with Crippen LogP contribution in [0.1, 0.15) is 52.9 Å². The number of nitrogens with one attached hydrogen (secondary N) is 1. The van der Waals surface area contributed by atoms with Gasteiger partial charge in [0.15, 0.2) is 0 Å². The van der Waals surface area contributed by atoms with E-state index in [1.165, 1.54) is 0 Å². The van der Waals surface area contributed by atoms with E-state index in [1.807, 2.05) is 56.4 Å². The number of amides is 1. The Morgan fingerprint density at radius 3 is 2.65 bits per heavy atom. The maximum Gasteiger partial charge on any atom is 0.251 e. The third kappa shape index (κ3) is 7.04. The SMILES string of the molecule is CCOc1ccc(Cc2cc(C3CC(O)CC(CN(C)c4cccc(C(=O)NC)c4)O3)ccc2Cl)cc1. The molecule has 3 unspecified atom stereocenters. The van der Waals surface area contributed by atoms with Gasteiger partial charge in [0.2, 0.25) is 0 Å². The van der Waals surface area contributed by atoms with Crippen molar-refractivity contribution in [2.45, 2.75) is 44.5 Å². The molecule has 3 aromatic carbocycles. The van der Waals surface area contributed by atoms with Crippen LogP contribution in [0.4, 0.5) is 5.69 Å². The molecule has 1 heterocycles. The number of aliphatic hydroxyl groups is 1. The Morgan fingerprint density at radius 2 is 1.92 bits per heavy atom. The monoisotopic (exact) mass is 522 g/mol. The van der Waals surface area contributed by atoms with Crippen molar-refractivity contribution >= 4 is 23.2 Å². The van der Waals surface area contributed by atoms with Gasteiger partial charge in [-0.3, -0.25) is 4.79 Å². The highest BCUT2D eigenvalue weighted by Gasteiger charge is 2.30. The van der Waals surface area contributed by atoms with Crippen molar-refractivity contribution in [3.8, 4) is 5.75 Å². The number of benzene rings is 3. The van der Waals surface area contributed by atoms with E-state index >= 15 is 0 Å². The summed E-state index contributed by atoms with van der Waals surface area (Å²) in [5, 5.41) is 14.1. The zero-order chi connectivity index (χ0) is 26.4. The maximum atomic E-state index is 12.0. The minimum atomic E-state index is -0.459. The van der Waals surface area contributed by atoms with Crippen LogP contribution >= 0.6 is 11.6 Å². The topological polar surface area (TPSA) is 71.0 Å². The zero-order valence-electron chi connectivity index (χ0n) is 21.6. The normalized spacial score (nSPS) is 19.3. The van der Waals surface area contributed by atoms with Gasteiger partial charge in [-0.25, -0.2) is 0 Å². The molecule has 0 spiro atoms. The maximum absolute atomic E-state index is 12.0. The Labute approximate surface area is 224 Å². The second kappa shape index (κ2) is 12.5. The number of carbonyl (C=O) groups is 1. The number of likely N-dealkylation sites (N-methyl/N-ethyl adjacent to an activating group) is 1. The Morgan fingerprint density at radius 1 is 1.14 bits per heavy atom. The van der Waals surface area contributed by atoms with Crippen LogP contribution in [0.2, 0.25) is 5.02 Å². The lowest BCUT2D eigenvalue weighted by molar-refractivity contribution is -0.0933. The number of carbonyl (C=O) groups excluding carboxylic acids is 1. The highest BCUT2D eigenvalue weighted by atomic mass is 35.5. The molecule has 6 nitrogen and oxygen atoms in total. The van der Waals surface area contributed by atoms with Gasteiger partial charge >= 0.3 is 0 Å². The van der Waals surface area contributed by atoms with Gasteiger partial charge in [0.25, 0.3) is 5.91 Å². The first-order valence-electron chi connectivity index (χ1n) is 12.7. The summed E-state index contributed by atoms with van der Waals surface area (Å²) < 4.78 is 12.0. The van der Waals surface area contributed by atoms with E-state index in [1.54, 1.807) is 13.1 Å². The lowest BCUT2D eigenvalue weighted by Crippen LogP contribution is -2.39. The highest BCUT2D eigenvalue weighted by Crippen LogP contribution is 2.34. The quantitative estimate of drug-likeness (QED) is 0.393. The van der Waals surface area contributed by atoms with E-state index in [4.69, 9.17) is 21.1 Å². The van der Waals surface area contributed by atoms with Crippen molar-refractivity contribution in [2.24, 2.45) is 0 Å². The van der Waals surface area contributed by atoms with Gasteiger partial charge < -0.3 is 24.8 Å². The van der Waals surface area contributed by atoms with Crippen LogP contribution in [0.15, 0.2) is 66.7 Å². The summed E-state index contributed by atoms with van der Waals surface area (Å²) in [5.41, 5.74) is 4.71. The number of ether oxygens (including phenoxy) is 2. The second-order valence-corrected chi connectivity index (χ2v) is 9.89. The van der Waals surface area contributed by atoms with E-state index in [-0.39, 0.29) is 18.1 Å². The average Bonchev–Trinajstić information content (AvgIpc) is 2.90. The third-order valence-electron chi connectivity index (χ3n) is 6.70. The molecule has 0 aliphatic carbocycles. The number of anilines is 1. The molecule has 0 aromatic heterocycles. The summed E-state index contributed by atoms with van der Waals surface area (Å²) in [5.74, 6) is 0.732. The first-order chi connectivity index (χ1) is 17.9. The van der Waals surface area contributed by atoms with Gasteiger partial charge in [0.05, 0.1) is 24.9 Å². The summed E-state index contributed by atoms with van der Waals surface area (Å²) in [6.07, 6.45) is 0.948. The van der Waals surface area contributed by atoms with Gasteiger partial charge in [-0.1, -0.05) is 41.9 Å². The molecular formula is C30H35ClN2O4. The zero-order valence-corrected chi connectivity index (χ0v) is 22.4. The molecule has 3 aromatic rings. The van der Waals surface area contributed by atoms with Crippen molar-refractivity contribution in [2.75, 3.05) is 32.1 Å². The van der Waals surface area contributed by atoms with Crippen LogP contribution < -0.4 is 15.0 Å². The largest absolute Gasteiger partial charge is 0.494 e. The van der Waals surface area contributed by atoms with Crippen LogP contribution in [-0.2, 0) is 11.2 Å². The number of halogens is 1. The molecule has 1 aliphatic heterocycles. The first-order valence-corrected chi connectivity index (χ1v) is 13.1. The molecule has 2 N–H and O–H groups in total. The summed E-state index contributed by atoms with van der Waals surface area (Å²) in [7, 11) is 3.59. The molecular weight excluding hydrogens is 488 g/mol. The van der Waals surface area contributed by atoms with Gasteiger partial charge in [-0.2, -0.15) is 0 Å². The summed E-state index contributed by atoms with van der Waals surface area (Å²) in [6, 6.07) is 21.5. The Bertz CT molecular complexity index is 1200. The first kappa shape index (κ1) is 27.0. The van der Waals surface area contributed by atoms with Crippen molar-refractivity contribution in [3.05, 3.63) is 94.0 Å². The van der Waals surface area contributed by atoms with Gasteiger partial charge in [0, 0.05) is 49.8 Å². The number of rotatable bonds is 9. The van der Waals surface area contributed by atoms with E-state index in [9.17, 15) is 9.90 Å². The van der Waals surface area contributed by atoms with Crippen molar-refractivity contribution in [1.82, 2.24) is 5.32 Å². The van der Waals surface area contributed by atoms with Gasteiger partial charge in [-0.05, 0) is 66.4 Å². The van der Waals surface area contributed by atoms with Crippen LogP contribution in [0.3, 0.4) is 0 Å². The summed E-state index contributed by atoms with van der Waals surface area (Å²) >= 11 is 6.56. The van der Waals surface area contributed by atoms with Crippen LogP contribution in [0.5, 0.6) is 5.75 Å². The average molecular weight is 523 g/mol. The molecule has 4 rings (SSSR count). The fraction of sp³-hybridized carbons (Fsp3) is 0.367. The van der Waals surface area contributed by atoms with Crippen molar-refractivity contribution in [3.63, 3.8) is 0 Å². The molecule has 196 valence electrons. The van der Waals surface area contributed by atoms with Crippen molar-refractivity contribution in [1.29, 1.82) is 0 Å². The molecule has 1 saturated heterocycles. The lowest BCUT2D eigenvalue weighted by Gasteiger charge is -2.36. The smallest absolute Gasteiger partial charge is 0.251 e. The molecule has 1 fully saturated rings. The van der Waals surface area contributed by atoms with Crippen LogP contribution in [0, 0.1) is 0 Å². The number of aliphatic hydroxyl groups excluding tert-OH is 1. The van der Waals surface area contributed by atoms with E-state index in [0.29, 0.717) is 43.0 Å². The minimum Gasteiger partial charge on any atom is -0.494 e. The standard InChI is InChI=1S/C30H35ClN2O4/c1-4-36-26-11-8-20(9-12-26)14-23-15-21(10-13-28(23)31)29-18-25(34)17-27(37-29)19-33(3)24-7-5-6-22(16-24)30(35)32-2/h5-13,15-16,25,27,29,34H,4,14,17-19H2,1-3H3,(H,32,35). The molecule has 0 saturated carbocycles. The lowest BCUT2D eigenvalue weighted by atomic mass is 9.93. The Balaban J connectivity index is 1.45. The van der Waals surface area contributed by atoms with E-state index in [0.717, 1.165) is 28.1 Å². The summed E-state index contributed by atoms with van der Waals surface area (Å²) in [6.45, 7) is 3.20. The molecule has 37 heavy (non-hydrogen) atoms. The highest BCUT2D eigenvalue weighted by molar-refractivity contribution is 6.31. The fourth-order valence-electron chi connectivity index (χ4n) is 4.78. The predicted molar refractivity (Wildman–Crippen MR) is 148 cm³/mol. The van der Waals surface area contributed by atoms with Crippen LogP contribution in [0.25, 0.3) is 0 Å². The summed E-state index contributed by atoms with van der Waals surface area (Å²) in [4.78, 5) is 14.1.